The van der Waals surface area contributed by atoms with Crippen LogP contribution in [0, 0.1) is 23.7 Å². The smallest absolute Gasteiger partial charge is 0.177 e. The molecule has 0 unspecified atom stereocenters. The van der Waals surface area contributed by atoms with Crippen molar-refractivity contribution in [1.82, 2.24) is 25.5 Å². The van der Waals surface area contributed by atoms with Crippen molar-refractivity contribution in [2.75, 3.05) is 20.3 Å². The number of hydrogen-bond acceptors (Lipinski definition) is 6. The van der Waals surface area contributed by atoms with Crippen LogP contribution in [0.4, 0.5) is 0 Å². The van der Waals surface area contributed by atoms with Crippen LogP contribution >= 0.6 is 0 Å². The molecule has 5 aliphatic rings. The molecule has 4 aliphatic carbocycles. The van der Waals surface area contributed by atoms with E-state index in [-0.39, 0.29) is 5.54 Å². The molecule has 0 saturated heterocycles. The molecular weight excluding hydrogens is 342 g/mol. The first-order valence-electron chi connectivity index (χ1n) is 10.2. The van der Waals surface area contributed by atoms with Gasteiger partial charge in [0.15, 0.2) is 17.3 Å². The Morgan fingerprint density at radius 3 is 2.41 bits per heavy atom. The van der Waals surface area contributed by atoms with Gasteiger partial charge in [0.1, 0.15) is 13.2 Å². The molecule has 1 aromatic carbocycles. The third-order valence-electron chi connectivity index (χ3n) is 7.45. The van der Waals surface area contributed by atoms with Crippen LogP contribution in [0.3, 0.4) is 0 Å². The van der Waals surface area contributed by atoms with E-state index in [1.807, 2.05) is 22.9 Å². The lowest BCUT2D eigenvalue weighted by Crippen LogP contribution is -2.62. The summed E-state index contributed by atoms with van der Waals surface area (Å²) >= 11 is 0. The van der Waals surface area contributed by atoms with Crippen molar-refractivity contribution >= 4 is 0 Å². The number of nitrogens with one attached hydrogen (secondary N) is 1. The molecule has 7 heteroatoms. The fourth-order valence-electron chi connectivity index (χ4n) is 6.60. The minimum absolute atomic E-state index is 0.135. The van der Waals surface area contributed by atoms with Crippen molar-refractivity contribution in [3.8, 4) is 17.2 Å². The van der Waals surface area contributed by atoms with Crippen LogP contribution in [0.25, 0.3) is 5.69 Å². The number of aromatic nitrogens is 4. The topological polar surface area (TPSA) is 74.1 Å². The van der Waals surface area contributed by atoms with Gasteiger partial charge >= 0.3 is 0 Å². The van der Waals surface area contributed by atoms with Gasteiger partial charge in [-0.3, -0.25) is 0 Å². The van der Waals surface area contributed by atoms with E-state index in [4.69, 9.17) is 9.47 Å². The molecular formula is C20H25N5O2. The van der Waals surface area contributed by atoms with Gasteiger partial charge in [-0.25, -0.2) is 0 Å². The number of ether oxygens (including phenoxy) is 2. The van der Waals surface area contributed by atoms with Crippen molar-refractivity contribution < 1.29 is 9.47 Å². The summed E-state index contributed by atoms with van der Waals surface area (Å²) in [6, 6.07) is 5.97. The van der Waals surface area contributed by atoms with Gasteiger partial charge in [-0.2, -0.15) is 4.68 Å². The zero-order valence-electron chi connectivity index (χ0n) is 15.6. The van der Waals surface area contributed by atoms with Crippen LogP contribution in [0.15, 0.2) is 18.2 Å². The summed E-state index contributed by atoms with van der Waals surface area (Å²) < 4.78 is 13.3. The van der Waals surface area contributed by atoms with Crippen molar-refractivity contribution in [2.45, 2.75) is 37.6 Å². The van der Waals surface area contributed by atoms with Crippen LogP contribution in [-0.2, 0) is 5.54 Å². The molecule has 142 valence electrons. The quantitative estimate of drug-likeness (QED) is 0.897. The molecule has 7 rings (SSSR count). The Morgan fingerprint density at radius 2 is 1.70 bits per heavy atom. The minimum atomic E-state index is -0.135. The van der Waals surface area contributed by atoms with E-state index in [0.29, 0.717) is 25.0 Å². The fraction of sp³-hybridized carbons (Fsp3) is 0.650. The van der Waals surface area contributed by atoms with E-state index in [1.165, 1.54) is 32.1 Å². The third-order valence-corrected chi connectivity index (χ3v) is 7.45. The fourth-order valence-corrected chi connectivity index (χ4v) is 6.60. The molecule has 0 atom stereocenters. The summed E-state index contributed by atoms with van der Waals surface area (Å²) in [4.78, 5) is 0. The van der Waals surface area contributed by atoms with Crippen LogP contribution in [-0.4, -0.2) is 40.5 Å². The lowest BCUT2D eigenvalue weighted by Gasteiger charge is -2.60. The van der Waals surface area contributed by atoms with E-state index >= 15 is 0 Å². The summed E-state index contributed by atoms with van der Waals surface area (Å²) in [6.45, 7) is 1.17. The largest absolute Gasteiger partial charge is 0.486 e. The Bertz CT molecular complexity index is 851. The Morgan fingerprint density at radius 1 is 1.00 bits per heavy atom. The summed E-state index contributed by atoms with van der Waals surface area (Å²) in [5.74, 6) is 5.53. The van der Waals surface area contributed by atoms with Crippen molar-refractivity contribution in [3.63, 3.8) is 0 Å². The van der Waals surface area contributed by atoms with Gasteiger partial charge in [-0.1, -0.05) is 0 Å². The van der Waals surface area contributed by atoms with Gasteiger partial charge in [-0.15, -0.1) is 5.10 Å². The number of rotatable bonds is 3. The maximum absolute atomic E-state index is 5.77. The number of fused-ring (bicyclic) bond motifs is 1. The van der Waals surface area contributed by atoms with Gasteiger partial charge in [-0.05, 0) is 85.4 Å². The summed E-state index contributed by atoms with van der Waals surface area (Å²) in [6.07, 6.45) is 6.60. The first kappa shape index (κ1) is 15.9. The predicted molar refractivity (Wildman–Crippen MR) is 97.9 cm³/mol. The Hall–Kier alpha value is -2.15. The third kappa shape index (κ3) is 2.15. The van der Waals surface area contributed by atoms with Gasteiger partial charge in [0.2, 0.25) is 0 Å². The Kier molecular flexibility index (Phi) is 3.33. The van der Waals surface area contributed by atoms with Crippen LogP contribution in [0.5, 0.6) is 11.5 Å². The number of benzene rings is 1. The highest BCUT2D eigenvalue weighted by atomic mass is 16.6. The van der Waals surface area contributed by atoms with Gasteiger partial charge < -0.3 is 14.8 Å². The lowest BCUT2D eigenvalue weighted by molar-refractivity contribution is -0.0795. The SMILES string of the molecule is CNC1(c2nnnn2-c2ccc3c(c2)OCCO3)C2CC3CC(C2)CC1C3. The number of tetrazole rings is 1. The van der Waals surface area contributed by atoms with E-state index in [9.17, 15) is 0 Å². The summed E-state index contributed by atoms with van der Waals surface area (Å²) in [7, 11) is 2.09. The molecule has 1 aromatic heterocycles. The van der Waals surface area contributed by atoms with Gasteiger partial charge in [0.25, 0.3) is 0 Å². The van der Waals surface area contributed by atoms with Crippen LogP contribution in [0.1, 0.15) is 37.9 Å². The zero-order chi connectivity index (χ0) is 18.0. The van der Waals surface area contributed by atoms with Crippen LogP contribution in [0.2, 0.25) is 0 Å². The molecule has 7 nitrogen and oxygen atoms in total. The van der Waals surface area contributed by atoms with Crippen molar-refractivity contribution in [2.24, 2.45) is 23.7 Å². The highest BCUT2D eigenvalue weighted by Gasteiger charge is 2.59. The first-order chi connectivity index (χ1) is 13.3. The average Bonchev–Trinajstić information content (AvgIpc) is 3.18. The minimum Gasteiger partial charge on any atom is -0.486 e. The normalized spacial score (nSPS) is 36.2. The zero-order valence-corrected chi connectivity index (χ0v) is 15.6. The second-order valence-electron chi connectivity index (χ2n) is 8.67. The highest BCUT2D eigenvalue weighted by Crippen LogP contribution is 2.61. The predicted octanol–water partition coefficient (Wildman–Crippen LogP) is 2.30. The molecule has 0 amide bonds. The molecule has 4 bridgehead atoms. The molecule has 1 aliphatic heterocycles. The highest BCUT2D eigenvalue weighted by molar-refractivity contribution is 5.49. The maximum atomic E-state index is 5.77. The molecule has 1 N–H and O–H groups in total. The van der Waals surface area contributed by atoms with E-state index < -0.39 is 0 Å². The molecule has 0 radical (unpaired) electrons. The molecule has 27 heavy (non-hydrogen) atoms. The maximum Gasteiger partial charge on any atom is 0.177 e. The number of hydrogen-bond donors (Lipinski definition) is 1. The second-order valence-corrected chi connectivity index (χ2v) is 8.67. The molecule has 2 heterocycles. The average molecular weight is 367 g/mol. The first-order valence-corrected chi connectivity index (χ1v) is 10.2. The molecule has 4 saturated carbocycles. The Labute approximate surface area is 158 Å². The van der Waals surface area contributed by atoms with Gasteiger partial charge in [0.05, 0.1) is 11.2 Å². The van der Waals surface area contributed by atoms with E-state index in [0.717, 1.165) is 34.8 Å². The molecule has 4 fully saturated rings. The van der Waals surface area contributed by atoms with Crippen molar-refractivity contribution in [1.29, 1.82) is 0 Å². The summed E-state index contributed by atoms with van der Waals surface area (Å²) in [5.41, 5.74) is 0.798. The number of nitrogens with zero attached hydrogens (tertiary/aromatic N) is 4. The van der Waals surface area contributed by atoms with Crippen LogP contribution < -0.4 is 14.8 Å². The van der Waals surface area contributed by atoms with E-state index in [1.54, 1.807) is 0 Å². The molecule has 0 spiro atoms. The Balaban J connectivity index is 1.45. The van der Waals surface area contributed by atoms with Gasteiger partial charge in [0, 0.05) is 6.07 Å². The molecule has 2 aromatic rings. The lowest BCUT2D eigenvalue weighted by atomic mass is 9.48. The standard InChI is InChI=1S/C20H25N5O2/c1-21-20(14-7-12-6-13(9-14)10-15(20)8-12)19-22-23-24-25(19)16-2-3-17-18(11-16)27-5-4-26-17/h2-3,11-15,21H,4-10H2,1H3. The second kappa shape index (κ2) is 5.67. The monoisotopic (exact) mass is 367 g/mol. The van der Waals surface area contributed by atoms with E-state index in [2.05, 4.69) is 27.9 Å². The van der Waals surface area contributed by atoms with Crippen molar-refractivity contribution in [3.05, 3.63) is 24.0 Å². The summed E-state index contributed by atoms with van der Waals surface area (Å²) in [5, 5.41) is 16.7.